The van der Waals surface area contributed by atoms with Crippen molar-refractivity contribution in [1.29, 1.82) is 16.1 Å². The van der Waals surface area contributed by atoms with Crippen molar-refractivity contribution < 1.29 is 4.74 Å². The van der Waals surface area contributed by atoms with Crippen LogP contribution in [0.4, 0.5) is 0 Å². The molecule has 55 heavy (non-hydrogen) atoms. The number of benzene rings is 7. The molecule has 0 saturated heterocycles. The summed E-state index contributed by atoms with van der Waals surface area (Å²) in [6.07, 6.45) is 0. The molecule has 0 atom stereocenters. The third-order valence-electron chi connectivity index (χ3n) is 9.20. The quantitative estimate of drug-likeness (QED) is 0.120. The van der Waals surface area contributed by atoms with Gasteiger partial charge in [0.15, 0.2) is 17.5 Å². The highest BCUT2D eigenvalue weighted by Crippen LogP contribution is 2.40. The molecule has 8 aromatic rings. The van der Waals surface area contributed by atoms with E-state index < -0.39 is 0 Å². The molecule has 7 heteroatoms. The summed E-state index contributed by atoms with van der Waals surface area (Å²) in [7, 11) is 0. The second-order valence-electron chi connectivity index (χ2n) is 12.7. The van der Waals surface area contributed by atoms with E-state index in [1.165, 1.54) is 0 Å². The number of rotatable bonds is 8. The predicted octanol–water partition coefficient (Wildman–Crippen LogP) is 11.1. The molecule has 0 bridgehead atoms. The van der Waals surface area contributed by atoms with Gasteiger partial charge in [0, 0.05) is 27.8 Å². The number of ether oxygens (including phenoxy) is 1. The zero-order chi connectivity index (χ0) is 37.6. The summed E-state index contributed by atoms with van der Waals surface area (Å²) >= 11 is 0. The molecule has 0 fully saturated rings. The van der Waals surface area contributed by atoms with Crippen LogP contribution in [0.1, 0.15) is 16.7 Å². The molecule has 7 nitrogen and oxygen atoms in total. The first kappa shape index (κ1) is 34.3. The van der Waals surface area contributed by atoms with Crippen molar-refractivity contribution >= 4 is 11.8 Å². The van der Waals surface area contributed by atoms with Gasteiger partial charge in [-0.2, -0.15) is 5.26 Å². The fraction of sp³-hybridized carbons (Fsp3) is 0. The average molecular weight is 709 g/mol. The first-order valence-corrected chi connectivity index (χ1v) is 17.7. The molecule has 0 aliphatic carbocycles. The van der Waals surface area contributed by atoms with Crippen molar-refractivity contribution in [3.8, 4) is 73.6 Å². The van der Waals surface area contributed by atoms with Gasteiger partial charge in [0.2, 0.25) is 11.8 Å². The Hall–Kier alpha value is -7.82. The molecule has 8 rings (SSSR count). The monoisotopic (exact) mass is 708 g/mol. The second kappa shape index (κ2) is 15.4. The normalized spacial score (nSPS) is 10.7. The molecular weight excluding hydrogens is 677 g/mol. The minimum Gasteiger partial charge on any atom is -0.421 e. The van der Waals surface area contributed by atoms with Gasteiger partial charge < -0.3 is 4.74 Å². The van der Waals surface area contributed by atoms with Crippen LogP contribution in [0, 0.1) is 22.1 Å². The van der Waals surface area contributed by atoms with E-state index in [-0.39, 0.29) is 11.8 Å². The third-order valence-corrected chi connectivity index (χ3v) is 9.20. The Bertz CT molecular complexity index is 2650. The Labute approximate surface area is 318 Å². The maximum atomic E-state index is 9.84. The highest BCUT2D eigenvalue weighted by atomic mass is 16.5. The van der Waals surface area contributed by atoms with Crippen LogP contribution in [0.25, 0.3) is 67.5 Å². The number of hydrogen-bond donors (Lipinski definition) is 2. The summed E-state index contributed by atoms with van der Waals surface area (Å²) in [6, 6.07) is 60.7. The minimum atomic E-state index is -0.106. The molecule has 7 aromatic carbocycles. The van der Waals surface area contributed by atoms with Crippen molar-refractivity contribution in [2.45, 2.75) is 0 Å². The van der Waals surface area contributed by atoms with E-state index in [1.807, 2.05) is 140 Å². The fourth-order valence-corrected chi connectivity index (χ4v) is 6.42. The fourth-order valence-electron chi connectivity index (χ4n) is 6.42. The maximum absolute atomic E-state index is 9.84. The van der Waals surface area contributed by atoms with Gasteiger partial charge in [0.25, 0.3) is 0 Å². The molecule has 0 unspecified atom stereocenters. The smallest absolute Gasteiger partial charge is 0.221 e. The highest BCUT2D eigenvalue weighted by Gasteiger charge is 2.19. The molecule has 1 aromatic heterocycles. The van der Waals surface area contributed by atoms with Crippen molar-refractivity contribution in [1.82, 2.24) is 15.0 Å². The van der Waals surface area contributed by atoms with Gasteiger partial charge in [-0.15, -0.1) is 0 Å². The molecule has 2 N–H and O–H groups in total. The van der Waals surface area contributed by atoms with E-state index in [9.17, 15) is 5.26 Å². The summed E-state index contributed by atoms with van der Waals surface area (Å²) < 4.78 is 5.57. The molecule has 0 radical (unpaired) electrons. The molecule has 0 saturated carbocycles. The average Bonchev–Trinajstić information content (AvgIpc) is 3.27. The van der Waals surface area contributed by atoms with Gasteiger partial charge in [-0.1, -0.05) is 140 Å². The minimum absolute atomic E-state index is 0.0838. The van der Waals surface area contributed by atoms with Crippen molar-refractivity contribution in [2.75, 3.05) is 0 Å². The largest absolute Gasteiger partial charge is 0.421 e. The summed E-state index contributed by atoms with van der Waals surface area (Å²) in [5.41, 5.74) is 9.92. The van der Waals surface area contributed by atoms with E-state index in [0.29, 0.717) is 34.2 Å². The van der Waals surface area contributed by atoms with Crippen LogP contribution in [0.5, 0.6) is 0 Å². The topological polar surface area (TPSA) is 119 Å². The van der Waals surface area contributed by atoms with E-state index in [4.69, 9.17) is 30.5 Å². The van der Waals surface area contributed by atoms with Gasteiger partial charge in [-0.25, -0.2) is 15.0 Å². The van der Waals surface area contributed by atoms with Crippen LogP contribution < -0.4 is 0 Å². The third kappa shape index (κ3) is 7.43. The van der Waals surface area contributed by atoms with Crippen molar-refractivity contribution in [3.63, 3.8) is 0 Å². The molecule has 0 aliphatic rings. The lowest BCUT2D eigenvalue weighted by Gasteiger charge is -2.17. The first-order valence-electron chi connectivity index (χ1n) is 17.7. The van der Waals surface area contributed by atoms with E-state index in [0.717, 1.165) is 50.1 Å². The Morgan fingerprint density at radius 2 is 0.891 bits per heavy atom. The summed E-state index contributed by atoms with van der Waals surface area (Å²) in [5.74, 6) is 1.51. The van der Waals surface area contributed by atoms with Crippen molar-refractivity contribution in [3.05, 3.63) is 199 Å². The van der Waals surface area contributed by atoms with Crippen LogP contribution in [-0.4, -0.2) is 26.7 Å². The Kier molecular flexibility index (Phi) is 9.61. The number of nitrogens with zero attached hydrogens (tertiary/aromatic N) is 4. The molecule has 0 aliphatic heterocycles. The number of nitriles is 1. The molecular formula is C48H32N6O. The van der Waals surface area contributed by atoms with E-state index in [2.05, 4.69) is 30.3 Å². The Morgan fingerprint density at radius 1 is 0.400 bits per heavy atom. The van der Waals surface area contributed by atoms with Crippen LogP contribution >= 0.6 is 0 Å². The molecule has 260 valence electrons. The predicted molar refractivity (Wildman–Crippen MR) is 218 cm³/mol. The second-order valence-corrected chi connectivity index (χ2v) is 12.7. The van der Waals surface area contributed by atoms with Crippen LogP contribution in [0.3, 0.4) is 0 Å². The van der Waals surface area contributed by atoms with E-state index in [1.54, 1.807) is 18.2 Å². The van der Waals surface area contributed by atoms with Crippen LogP contribution in [0.2, 0.25) is 0 Å². The van der Waals surface area contributed by atoms with Crippen molar-refractivity contribution in [2.24, 2.45) is 0 Å². The number of aromatic nitrogens is 3. The zero-order valence-corrected chi connectivity index (χ0v) is 29.5. The summed E-state index contributed by atoms with van der Waals surface area (Å²) in [5, 5.41) is 26.6. The number of nitrogens with one attached hydrogen (secondary N) is 2. The van der Waals surface area contributed by atoms with Gasteiger partial charge in [-0.05, 0) is 75.8 Å². The van der Waals surface area contributed by atoms with Crippen LogP contribution in [-0.2, 0) is 4.74 Å². The van der Waals surface area contributed by atoms with Crippen LogP contribution in [0.15, 0.2) is 182 Å². The standard InChI is InChI=1S/C48H32N6O/c49-31-32-13-12-20-39(29-32)43-30-38(33-23-25-35(26-24-33)45(51)55-44(50)34-14-4-1-5-15-34)27-28-41(43)40-21-10-11-22-42(40)48-53-46(36-16-6-2-7-17-36)52-47(54-48)37-18-8-3-9-19-37/h1-30,50-51H. The molecule has 1 heterocycles. The van der Waals surface area contributed by atoms with Gasteiger partial charge >= 0.3 is 0 Å². The summed E-state index contributed by atoms with van der Waals surface area (Å²) in [4.78, 5) is 15.0. The SMILES string of the molecule is N#Cc1cccc(-c2cc(-c3ccc(C(=N)OC(=N)c4ccccc4)cc3)ccc2-c2ccccc2-c2nc(-c3ccccc3)nc(-c3ccccc3)n2)c1. The lowest BCUT2D eigenvalue weighted by Crippen LogP contribution is -2.12. The van der Waals surface area contributed by atoms with Gasteiger partial charge in [0.1, 0.15) is 0 Å². The first-order chi connectivity index (χ1) is 27.0. The Morgan fingerprint density at radius 3 is 1.51 bits per heavy atom. The lowest BCUT2D eigenvalue weighted by atomic mass is 9.88. The van der Waals surface area contributed by atoms with E-state index >= 15 is 0 Å². The van der Waals surface area contributed by atoms with Gasteiger partial charge in [0.05, 0.1) is 11.6 Å². The lowest BCUT2D eigenvalue weighted by molar-refractivity contribution is 0.538. The Balaban J connectivity index is 1.21. The molecule has 0 spiro atoms. The molecule has 0 amide bonds. The summed E-state index contributed by atoms with van der Waals surface area (Å²) in [6.45, 7) is 0. The highest BCUT2D eigenvalue weighted by molar-refractivity contribution is 6.05. The number of hydrogen-bond acceptors (Lipinski definition) is 7. The maximum Gasteiger partial charge on any atom is 0.221 e. The van der Waals surface area contributed by atoms with Gasteiger partial charge in [-0.3, -0.25) is 10.8 Å². The zero-order valence-electron chi connectivity index (χ0n) is 29.5.